The smallest absolute Gasteiger partial charge is 0.328 e. The molecule has 0 spiro atoms. The number of fused-ring (bicyclic) bond motifs is 1. The molecule has 1 fully saturated rings. The fourth-order valence-electron chi connectivity index (χ4n) is 2.70. The number of furan rings is 1. The summed E-state index contributed by atoms with van der Waals surface area (Å²) >= 11 is 0. The minimum atomic E-state index is -0.732. The third kappa shape index (κ3) is 2.70. The summed E-state index contributed by atoms with van der Waals surface area (Å²) in [6.45, 7) is -0.0798. The van der Waals surface area contributed by atoms with Gasteiger partial charge in [0.2, 0.25) is 5.91 Å². The molecule has 2 atom stereocenters. The second kappa shape index (κ2) is 5.95. The van der Waals surface area contributed by atoms with Gasteiger partial charge in [-0.1, -0.05) is 0 Å². The van der Waals surface area contributed by atoms with Crippen LogP contribution in [0.1, 0.15) is 7.19 Å². The molecule has 0 aromatic carbocycles. The van der Waals surface area contributed by atoms with Crippen LogP contribution in [0.3, 0.4) is 0 Å². The number of halogens is 1. The fraction of sp³-hybridized carbons (Fsp3) is 0.429. The van der Waals surface area contributed by atoms with Gasteiger partial charge in [-0.3, -0.25) is 14.5 Å². The van der Waals surface area contributed by atoms with Crippen LogP contribution >= 0.6 is 0 Å². The summed E-state index contributed by atoms with van der Waals surface area (Å²) in [5.41, 5.74) is 0. The lowest BCUT2D eigenvalue weighted by Gasteiger charge is -2.39. The molecule has 2 unspecified atom stereocenters. The van der Waals surface area contributed by atoms with Crippen molar-refractivity contribution in [2.75, 3.05) is 20.6 Å². The van der Waals surface area contributed by atoms with Gasteiger partial charge in [-0.05, 0) is 6.07 Å². The highest BCUT2D eigenvalue weighted by Crippen LogP contribution is 2.24. The predicted octanol–water partition coefficient (Wildman–Crippen LogP) is -0.157. The highest BCUT2D eigenvalue weighted by Gasteiger charge is 2.48. The van der Waals surface area contributed by atoms with E-state index in [1.54, 1.807) is 7.05 Å². The zero-order chi connectivity index (χ0) is 17.4. The lowest BCUT2D eigenvalue weighted by molar-refractivity contribution is -0.136. The fourth-order valence-corrected chi connectivity index (χ4v) is 2.70. The van der Waals surface area contributed by atoms with Gasteiger partial charge in [-0.2, -0.15) is 4.39 Å². The predicted molar refractivity (Wildman–Crippen MR) is 81.3 cm³/mol. The van der Waals surface area contributed by atoms with Crippen molar-refractivity contribution in [3.8, 4) is 0 Å². The van der Waals surface area contributed by atoms with Gasteiger partial charge in [0.15, 0.2) is 12.2 Å². The Morgan fingerprint density at radius 1 is 1.42 bits per heavy atom. The number of carbonyl (C=O) groups excluding carboxylic acids is 3. The summed E-state index contributed by atoms with van der Waals surface area (Å²) in [4.78, 5) is 44.2. The van der Waals surface area contributed by atoms with E-state index in [1.165, 1.54) is 29.3 Å². The van der Waals surface area contributed by atoms with E-state index >= 15 is 0 Å². The normalized spacial score (nSPS) is 23.0. The molecule has 1 aromatic heterocycles. The monoisotopic (exact) mass is 339 g/mol. The molecule has 0 aliphatic carbocycles. The Hall–Kier alpha value is -2.91. The molecular formula is C14H18FN5O4. The number of urea groups is 1. The lowest BCUT2D eigenvalue weighted by Crippen LogP contribution is -2.64. The van der Waals surface area contributed by atoms with Crippen molar-refractivity contribution < 1.29 is 24.6 Å². The van der Waals surface area contributed by atoms with Gasteiger partial charge in [0, 0.05) is 21.6 Å². The second-order valence-electron chi connectivity index (χ2n) is 5.57. The summed E-state index contributed by atoms with van der Waals surface area (Å²) in [5, 5.41) is 2.57. The quantitative estimate of drug-likeness (QED) is 0.822. The van der Waals surface area contributed by atoms with Crippen molar-refractivity contribution in [2.24, 2.45) is 4.99 Å². The average molecular weight is 339 g/mol. The molecule has 1 N–H and O–H groups in total. The number of nitrogens with zero attached hydrogens (tertiary/aromatic N) is 4. The van der Waals surface area contributed by atoms with Crippen LogP contribution in [0.4, 0.5) is 9.18 Å². The number of aliphatic imine (C=N–C) groups is 1. The number of nitrogens with one attached hydrogen (secondary N) is 1. The molecule has 0 radical (unpaired) electrons. The van der Waals surface area contributed by atoms with E-state index in [-0.39, 0.29) is 26.2 Å². The Morgan fingerprint density at radius 3 is 2.83 bits per heavy atom. The van der Waals surface area contributed by atoms with E-state index in [0.717, 1.165) is 11.0 Å². The van der Waals surface area contributed by atoms with Crippen LogP contribution in [-0.4, -0.2) is 71.7 Å². The van der Waals surface area contributed by atoms with Gasteiger partial charge in [0.1, 0.15) is 5.76 Å². The van der Waals surface area contributed by atoms with Crippen LogP contribution in [0.25, 0.3) is 0 Å². The molecule has 130 valence electrons. The number of likely N-dealkylation sites (N-methyl/N-ethyl adjacent to an activating group) is 2. The van der Waals surface area contributed by atoms with Crippen LogP contribution in [0.15, 0.2) is 21.5 Å². The SMILES string of the molecule is CN1C(=O)C2C(N=CN2CC(=O)NCc2ccc(F)o2)N(C)C1=O.[HH]. The number of rotatable bonds is 4. The summed E-state index contributed by atoms with van der Waals surface area (Å²) in [6.07, 6.45) is 0.746. The third-order valence-electron chi connectivity index (χ3n) is 3.99. The molecule has 24 heavy (non-hydrogen) atoms. The van der Waals surface area contributed by atoms with Crippen LogP contribution in [-0.2, 0) is 16.1 Å². The van der Waals surface area contributed by atoms with Crippen molar-refractivity contribution in [1.82, 2.24) is 20.0 Å². The van der Waals surface area contributed by atoms with Crippen LogP contribution < -0.4 is 5.32 Å². The minimum Gasteiger partial charge on any atom is -0.434 e. The first-order valence-corrected chi connectivity index (χ1v) is 7.23. The van der Waals surface area contributed by atoms with Gasteiger partial charge in [0.25, 0.3) is 11.9 Å². The van der Waals surface area contributed by atoms with Crippen molar-refractivity contribution in [1.29, 1.82) is 0 Å². The van der Waals surface area contributed by atoms with Gasteiger partial charge in [-0.25, -0.2) is 9.79 Å². The summed E-state index contributed by atoms with van der Waals surface area (Å²) in [6, 6.07) is 0.678. The molecular weight excluding hydrogens is 321 g/mol. The van der Waals surface area contributed by atoms with Crippen LogP contribution in [0, 0.1) is 6.01 Å². The molecule has 0 saturated carbocycles. The molecule has 4 amide bonds. The minimum absolute atomic E-state index is 0. The van der Waals surface area contributed by atoms with E-state index in [0.29, 0.717) is 0 Å². The van der Waals surface area contributed by atoms with Crippen molar-refractivity contribution in [3.05, 3.63) is 23.9 Å². The Kier molecular flexibility index (Phi) is 3.96. The van der Waals surface area contributed by atoms with Gasteiger partial charge in [-0.15, -0.1) is 0 Å². The molecule has 9 nitrogen and oxygen atoms in total. The van der Waals surface area contributed by atoms with E-state index in [9.17, 15) is 18.8 Å². The van der Waals surface area contributed by atoms with Crippen LogP contribution in [0.2, 0.25) is 0 Å². The van der Waals surface area contributed by atoms with E-state index in [2.05, 4.69) is 10.3 Å². The standard InChI is InChI=1S/C14H16FN5O4.H2/c1-18-12-11(13(22)19(2)14(18)23)20(7-17-12)6-10(21)16-5-8-3-4-9(15)24-8;/h3-4,7,11-12H,5-6H2,1-2H3,(H,16,21);1H. The molecule has 0 bridgehead atoms. The molecule has 2 aliphatic heterocycles. The second-order valence-corrected chi connectivity index (χ2v) is 5.57. The van der Waals surface area contributed by atoms with Gasteiger partial charge >= 0.3 is 6.03 Å². The number of imide groups is 1. The molecule has 1 aromatic rings. The Morgan fingerprint density at radius 2 is 2.17 bits per heavy atom. The van der Waals surface area contributed by atoms with Gasteiger partial charge < -0.3 is 19.5 Å². The largest absolute Gasteiger partial charge is 0.434 e. The summed E-state index contributed by atoms with van der Waals surface area (Å²) in [5.74, 6) is -0.511. The molecule has 1 saturated heterocycles. The Labute approximate surface area is 138 Å². The number of amides is 4. The number of carbonyl (C=O) groups is 3. The highest BCUT2D eigenvalue weighted by molar-refractivity contribution is 6.02. The van der Waals surface area contributed by atoms with Gasteiger partial charge in [0.05, 0.1) is 19.4 Å². The first kappa shape index (κ1) is 16.0. The van der Waals surface area contributed by atoms with E-state index in [4.69, 9.17) is 4.42 Å². The molecule has 3 rings (SSSR count). The maximum absolute atomic E-state index is 12.7. The first-order valence-electron chi connectivity index (χ1n) is 7.23. The maximum atomic E-state index is 12.7. The van der Waals surface area contributed by atoms with E-state index < -0.39 is 30.2 Å². The van der Waals surface area contributed by atoms with Crippen molar-refractivity contribution in [2.45, 2.75) is 18.8 Å². The topological polar surface area (TPSA) is 98.5 Å². The zero-order valence-corrected chi connectivity index (χ0v) is 13.1. The van der Waals surface area contributed by atoms with Crippen molar-refractivity contribution in [3.63, 3.8) is 0 Å². The van der Waals surface area contributed by atoms with Crippen molar-refractivity contribution >= 4 is 24.2 Å². The Bertz CT molecular complexity index is 724. The zero-order valence-electron chi connectivity index (χ0n) is 13.1. The third-order valence-corrected chi connectivity index (χ3v) is 3.99. The van der Waals surface area contributed by atoms with Crippen LogP contribution in [0.5, 0.6) is 0 Å². The lowest BCUT2D eigenvalue weighted by atomic mass is 10.1. The molecule has 10 heteroatoms. The molecule has 3 heterocycles. The Balaban J connectivity index is 0.00000225. The average Bonchev–Trinajstić information content (AvgIpc) is 3.15. The maximum Gasteiger partial charge on any atom is 0.328 e. The number of hydrogen-bond acceptors (Lipinski definition) is 6. The molecule has 2 aliphatic rings. The summed E-state index contributed by atoms with van der Waals surface area (Å²) < 4.78 is 17.5. The number of hydrogen-bond donors (Lipinski definition) is 1. The first-order chi connectivity index (χ1) is 11.4. The summed E-state index contributed by atoms with van der Waals surface area (Å²) in [7, 11) is 2.94. The van der Waals surface area contributed by atoms with E-state index in [1.807, 2.05) is 0 Å². The highest BCUT2D eigenvalue weighted by atomic mass is 19.1.